The Balaban J connectivity index is 1.68. The smallest absolute Gasteiger partial charge is 0.183 e. The Morgan fingerprint density at radius 1 is 1.16 bits per heavy atom. The monoisotopic (exact) mass is 426 g/mol. The van der Waals surface area contributed by atoms with E-state index in [-0.39, 0.29) is 24.0 Å². The Kier molecular flexibility index (Phi) is 5.99. The summed E-state index contributed by atoms with van der Waals surface area (Å²) in [6, 6.07) is 9.75. The van der Waals surface area contributed by atoms with Gasteiger partial charge in [-0.05, 0) is 25.5 Å². The summed E-state index contributed by atoms with van der Waals surface area (Å²) in [6.07, 6.45) is 2.40. The number of hydrogen-bond donors (Lipinski definition) is 2. The van der Waals surface area contributed by atoms with E-state index in [0.717, 1.165) is 6.20 Å². The number of aliphatic hydroxyl groups excluding tert-OH is 1. The highest BCUT2D eigenvalue weighted by Gasteiger charge is 2.18. The van der Waals surface area contributed by atoms with Crippen molar-refractivity contribution in [1.29, 1.82) is 0 Å². The van der Waals surface area contributed by atoms with Gasteiger partial charge in [-0.3, -0.25) is 4.68 Å². The van der Waals surface area contributed by atoms with Crippen LogP contribution in [-0.2, 0) is 6.54 Å². The van der Waals surface area contributed by atoms with Crippen molar-refractivity contribution >= 4 is 5.82 Å². The first kappa shape index (κ1) is 20.6. The predicted octanol–water partition coefficient (Wildman–Crippen LogP) is 3.50. The van der Waals surface area contributed by atoms with Gasteiger partial charge in [-0.15, -0.1) is 0 Å². The van der Waals surface area contributed by atoms with E-state index in [2.05, 4.69) is 25.5 Å². The van der Waals surface area contributed by atoms with Crippen LogP contribution < -0.4 is 5.32 Å². The number of aromatic nitrogens is 5. The van der Waals surface area contributed by atoms with E-state index >= 15 is 0 Å². The third-order valence-corrected chi connectivity index (χ3v) is 4.59. The van der Waals surface area contributed by atoms with E-state index in [1.165, 1.54) is 12.3 Å². The molecule has 1 aromatic carbocycles. The van der Waals surface area contributed by atoms with Gasteiger partial charge in [0.2, 0.25) is 0 Å². The molecule has 4 rings (SSSR count). The lowest BCUT2D eigenvalue weighted by molar-refractivity contribution is 0.188. The second kappa shape index (κ2) is 9.00. The number of hydrogen-bond acceptors (Lipinski definition) is 7. The van der Waals surface area contributed by atoms with Crippen LogP contribution in [0, 0.1) is 11.6 Å². The van der Waals surface area contributed by atoms with Crippen molar-refractivity contribution < 1.29 is 18.4 Å². The molecule has 0 saturated heterocycles. The molecule has 0 fully saturated rings. The number of aliphatic hydroxyl groups is 1. The van der Waals surface area contributed by atoms with Gasteiger partial charge in [-0.2, -0.15) is 5.10 Å². The molecule has 0 bridgehead atoms. The van der Waals surface area contributed by atoms with Crippen molar-refractivity contribution in [2.75, 3.05) is 11.9 Å². The second-order valence-corrected chi connectivity index (χ2v) is 7.00. The SMILES string of the molecule is CC(O)CCNc1nc(-c2cc(-c3ccon3)n(Cc3ccccc3F)n2)ncc1F. The molecule has 0 aliphatic heterocycles. The molecule has 0 aliphatic rings. The molecule has 31 heavy (non-hydrogen) atoms. The Bertz CT molecular complexity index is 1160. The topological polar surface area (TPSA) is 102 Å². The lowest BCUT2D eigenvalue weighted by Gasteiger charge is -2.08. The standard InChI is InChI=1S/C21H20F2N6O2/c1-13(30)6-8-24-20-16(23)11-25-21(26-20)18-10-19(17-7-9-31-28-17)29(27-18)12-14-4-2-3-5-15(14)22/h2-5,7,9-11,13,30H,6,8,12H2,1H3,(H,24,25,26). The van der Waals surface area contributed by atoms with Gasteiger partial charge in [0.15, 0.2) is 17.5 Å². The first-order valence-corrected chi connectivity index (χ1v) is 9.68. The molecule has 0 spiro atoms. The maximum absolute atomic E-state index is 14.2. The van der Waals surface area contributed by atoms with Crippen molar-refractivity contribution in [3.8, 4) is 22.9 Å². The van der Waals surface area contributed by atoms with Gasteiger partial charge in [0.25, 0.3) is 0 Å². The van der Waals surface area contributed by atoms with Crippen molar-refractivity contribution in [3.05, 3.63) is 66.1 Å². The van der Waals surface area contributed by atoms with Crippen LogP contribution >= 0.6 is 0 Å². The van der Waals surface area contributed by atoms with E-state index in [0.29, 0.717) is 35.6 Å². The third kappa shape index (κ3) is 4.75. The first-order chi connectivity index (χ1) is 15.0. The molecule has 2 N–H and O–H groups in total. The molecule has 1 atom stereocenters. The number of benzene rings is 1. The molecule has 0 amide bonds. The first-order valence-electron chi connectivity index (χ1n) is 9.68. The average Bonchev–Trinajstić information content (AvgIpc) is 3.41. The van der Waals surface area contributed by atoms with Gasteiger partial charge in [0, 0.05) is 18.2 Å². The summed E-state index contributed by atoms with van der Waals surface area (Å²) in [4.78, 5) is 8.27. The molecular weight excluding hydrogens is 406 g/mol. The van der Waals surface area contributed by atoms with Crippen LogP contribution in [0.1, 0.15) is 18.9 Å². The van der Waals surface area contributed by atoms with E-state index in [1.807, 2.05) is 0 Å². The summed E-state index contributed by atoms with van der Waals surface area (Å²) in [5.74, 6) is -0.764. The van der Waals surface area contributed by atoms with Crippen LogP contribution in [0.2, 0.25) is 0 Å². The van der Waals surface area contributed by atoms with Crippen molar-refractivity contribution in [3.63, 3.8) is 0 Å². The maximum Gasteiger partial charge on any atom is 0.183 e. The van der Waals surface area contributed by atoms with Gasteiger partial charge in [0.1, 0.15) is 23.5 Å². The Morgan fingerprint density at radius 2 is 2.00 bits per heavy atom. The number of nitrogens with one attached hydrogen (secondary N) is 1. The summed E-state index contributed by atoms with van der Waals surface area (Å²) in [7, 11) is 0. The Hall–Kier alpha value is -3.66. The molecule has 1 unspecified atom stereocenters. The van der Waals surface area contributed by atoms with Gasteiger partial charge in [-0.25, -0.2) is 18.7 Å². The zero-order valence-corrected chi connectivity index (χ0v) is 16.7. The van der Waals surface area contributed by atoms with Crippen LogP contribution in [-0.4, -0.2) is 42.7 Å². The lowest BCUT2D eigenvalue weighted by atomic mass is 10.2. The minimum atomic E-state index is -0.614. The summed E-state index contributed by atoms with van der Waals surface area (Å²) in [5, 5.41) is 20.7. The quantitative estimate of drug-likeness (QED) is 0.445. The molecule has 0 radical (unpaired) electrons. The van der Waals surface area contributed by atoms with Gasteiger partial charge < -0.3 is 14.9 Å². The highest BCUT2D eigenvalue weighted by molar-refractivity contribution is 5.63. The molecule has 8 nitrogen and oxygen atoms in total. The largest absolute Gasteiger partial charge is 0.393 e. The minimum Gasteiger partial charge on any atom is -0.393 e. The van der Waals surface area contributed by atoms with E-state index in [9.17, 15) is 13.9 Å². The summed E-state index contributed by atoms with van der Waals surface area (Å²) in [5.41, 5.74) is 1.89. The summed E-state index contributed by atoms with van der Waals surface area (Å²) < 4.78 is 34.8. The molecule has 3 aromatic heterocycles. The molecule has 0 saturated carbocycles. The average molecular weight is 426 g/mol. The van der Waals surface area contributed by atoms with E-state index in [4.69, 9.17) is 4.52 Å². The van der Waals surface area contributed by atoms with Crippen LogP contribution in [0.4, 0.5) is 14.6 Å². The highest BCUT2D eigenvalue weighted by Crippen LogP contribution is 2.26. The predicted molar refractivity (Wildman–Crippen MR) is 109 cm³/mol. The highest BCUT2D eigenvalue weighted by atomic mass is 19.1. The van der Waals surface area contributed by atoms with Crippen LogP contribution in [0.3, 0.4) is 0 Å². The van der Waals surface area contributed by atoms with Crippen LogP contribution in [0.15, 0.2) is 53.4 Å². The fourth-order valence-electron chi connectivity index (χ4n) is 3.00. The van der Waals surface area contributed by atoms with E-state index < -0.39 is 11.9 Å². The molecule has 0 aliphatic carbocycles. The zero-order valence-electron chi connectivity index (χ0n) is 16.7. The number of rotatable bonds is 8. The van der Waals surface area contributed by atoms with Gasteiger partial charge in [0.05, 0.1) is 24.5 Å². The van der Waals surface area contributed by atoms with Crippen molar-refractivity contribution in [2.24, 2.45) is 0 Å². The lowest BCUT2D eigenvalue weighted by Crippen LogP contribution is -2.12. The second-order valence-electron chi connectivity index (χ2n) is 7.00. The normalized spacial score (nSPS) is 12.1. The van der Waals surface area contributed by atoms with Gasteiger partial charge >= 0.3 is 0 Å². The minimum absolute atomic E-state index is 0.0114. The van der Waals surface area contributed by atoms with Crippen molar-refractivity contribution in [2.45, 2.75) is 26.0 Å². The third-order valence-electron chi connectivity index (χ3n) is 4.59. The fourth-order valence-corrected chi connectivity index (χ4v) is 3.00. The number of halogens is 2. The summed E-state index contributed by atoms with van der Waals surface area (Å²) in [6.45, 7) is 2.14. The molecular formula is C21H20F2N6O2. The molecule has 4 aromatic rings. The van der Waals surface area contributed by atoms with E-state index in [1.54, 1.807) is 41.9 Å². The Labute approximate surface area is 176 Å². The van der Waals surface area contributed by atoms with Crippen molar-refractivity contribution in [1.82, 2.24) is 24.9 Å². The van der Waals surface area contributed by atoms with Crippen LogP contribution in [0.5, 0.6) is 0 Å². The Morgan fingerprint density at radius 3 is 2.74 bits per heavy atom. The molecule has 10 heteroatoms. The summed E-state index contributed by atoms with van der Waals surface area (Å²) >= 11 is 0. The number of anilines is 1. The van der Waals surface area contributed by atoms with Crippen LogP contribution in [0.25, 0.3) is 22.9 Å². The zero-order chi connectivity index (χ0) is 21.8. The molecule has 3 heterocycles. The maximum atomic E-state index is 14.2. The fraction of sp³-hybridized carbons (Fsp3) is 0.238. The van der Waals surface area contributed by atoms with Gasteiger partial charge in [-0.1, -0.05) is 23.4 Å². The number of nitrogens with zero attached hydrogens (tertiary/aromatic N) is 5. The molecule has 160 valence electrons.